The van der Waals surface area contributed by atoms with Crippen molar-refractivity contribution in [1.82, 2.24) is 14.8 Å². The van der Waals surface area contributed by atoms with E-state index >= 15 is 0 Å². The fraction of sp³-hybridized carbons (Fsp3) is 0.231. The van der Waals surface area contributed by atoms with Crippen LogP contribution in [0, 0.1) is 0 Å². The number of hydrogen-bond acceptors (Lipinski definition) is 8. The largest absolute Gasteiger partial charge is 0.493 e. The summed E-state index contributed by atoms with van der Waals surface area (Å²) < 4.78 is 18.5. The molecule has 186 valence electrons. The third-order valence-corrected chi connectivity index (χ3v) is 6.00. The Hall–Kier alpha value is -4.05. The summed E-state index contributed by atoms with van der Waals surface area (Å²) in [6.07, 6.45) is 1.49. The number of para-hydroxylation sites is 1. The Labute approximate surface area is 212 Å². The quantitative estimate of drug-likeness (QED) is 0.178. The van der Waals surface area contributed by atoms with E-state index in [2.05, 4.69) is 22.1 Å². The molecule has 2 aromatic carbocycles. The van der Waals surface area contributed by atoms with Crippen LogP contribution < -0.4 is 10.1 Å². The van der Waals surface area contributed by atoms with Crippen molar-refractivity contribution in [3.63, 3.8) is 0 Å². The molecular formula is C26H26N4O5S. The van der Waals surface area contributed by atoms with Gasteiger partial charge in [0.15, 0.2) is 22.2 Å². The number of rotatable bonds is 10. The Bertz CT molecular complexity index is 1410. The molecular weight excluding hydrogens is 480 g/mol. The van der Waals surface area contributed by atoms with E-state index in [9.17, 15) is 9.59 Å². The van der Waals surface area contributed by atoms with Crippen LogP contribution in [0.25, 0.3) is 22.6 Å². The first kappa shape index (κ1) is 25.1. The number of thioether (sulfide) groups is 1. The number of methoxy groups -OCH3 is 1. The van der Waals surface area contributed by atoms with Crippen LogP contribution in [-0.2, 0) is 16.1 Å². The summed E-state index contributed by atoms with van der Waals surface area (Å²) >= 11 is 1.23. The fourth-order valence-corrected chi connectivity index (χ4v) is 4.26. The van der Waals surface area contributed by atoms with Crippen molar-refractivity contribution < 1.29 is 23.5 Å². The SMILES string of the molecule is C=CCn1c(SCC(=O)Nc2cccc(C(=O)OC(C)C)c2)nnc1-c1cc2cccc(OC)c2o1. The second-order valence-electron chi connectivity index (χ2n) is 8.07. The number of benzene rings is 2. The molecule has 0 bridgehead atoms. The molecule has 2 heterocycles. The first-order valence-electron chi connectivity index (χ1n) is 11.2. The summed E-state index contributed by atoms with van der Waals surface area (Å²) in [5.41, 5.74) is 1.49. The summed E-state index contributed by atoms with van der Waals surface area (Å²) in [4.78, 5) is 24.8. The molecule has 0 unspecified atom stereocenters. The molecule has 2 aromatic heterocycles. The molecule has 0 aliphatic heterocycles. The molecule has 1 amide bonds. The maximum absolute atomic E-state index is 12.6. The molecule has 4 aromatic rings. The molecule has 36 heavy (non-hydrogen) atoms. The second-order valence-corrected chi connectivity index (χ2v) is 9.01. The van der Waals surface area contributed by atoms with E-state index in [0.717, 1.165) is 5.39 Å². The summed E-state index contributed by atoms with van der Waals surface area (Å²) in [5.74, 6) is 1.07. The Kier molecular flexibility index (Phi) is 7.74. The summed E-state index contributed by atoms with van der Waals surface area (Å²) in [7, 11) is 1.59. The zero-order valence-electron chi connectivity index (χ0n) is 20.2. The standard InChI is InChI=1S/C26H26N4O5S/c1-5-12-30-24(21-14-17-8-7-11-20(33-4)23(17)35-21)28-29-26(30)36-15-22(31)27-19-10-6-9-18(13-19)25(32)34-16(2)3/h5-11,13-14,16H,1,12,15H2,2-4H3,(H,27,31). The lowest BCUT2D eigenvalue weighted by atomic mass is 10.2. The van der Waals surface area contributed by atoms with Gasteiger partial charge in [0.1, 0.15) is 0 Å². The highest BCUT2D eigenvalue weighted by atomic mass is 32.2. The first-order chi connectivity index (χ1) is 17.4. The van der Waals surface area contributed by atoms with Gasteiger partial charge in [-0.1, -0.05) is 36.0 Å². The van der Waals surface area contributed by atoms with Crippen molar-refractivity contribution in [3.8, 4) is 17.3 Å². The lowest BCUT2D eigenvalue weighted by Crippen LogP contribution is -2.16. The van der Waals surface area contributed by atoms with E-state index < -0.39 is 5.97 Å². The minimum Gasteiger partial charge on any atom is -0.493 e. The fourth-order valence-electron chi connectivity index (χ4n) is 3.51. The minimum atomic E-state index is -0.441. The number of fused-ring (bicyclic) bond motifs is 1. The monoisotopic (exact) mass is 506 g/mol. The number of aromatic nitrogens is 3. The van der Waals surface area contributed by atoms with E-state index in [1.165, 1.54) is 11.8 Å². The van der Waals surface area contributed by atoms with Crippen molar-refractivity contribution in [2.45, 2.75) is 31.7 Å². The van der Waals surface area contributed by atoms with Gasteiger partial charge in [-0.3, -0.25) is 9.36 Å². The van der Waals surface area contributed by atoms with Crippen molar-refractivity contribution in [3.05, 3.63) is 66.7 Å². The van der Waals surface area contributed by atoms with E-state index in [0.29, 0.717) is 45.9 Å². The number of carbonyl (C=O) groups is 2. The molecule has 0 fully saturated rings. The Morgan fingerprint density at radius 3 is 2.75 bits per heavy atom. The lowest BCUT2D eigenvalue weighted by Gasteiger charge is -2.10. The summed E-state index contributed by atoms with van der Waals surface area (Å²) in [6.45, 7) is 7.81. The zero-order chi connectivity index (χ0) is 25.7. The average molecular weight is 507 g/mol. The van der Waals surface area contributed by atoms with E-state index in [4.69, 9.17) is 13.9 Å². The number of amides is 1. The van der Waals surface area contributed by atoms with Crippen LogP contribution in [0.2, 0.25) is 0 Å². The van der Waals surface area contributed by atoms with Gasteiger partial charge in [-0.15, -0.1) is 16.8 Å². The zero-order valence-corrected chi connectivity index (χ0v) is 21.0. The normalized spacial score (nSPS) is 11.0. The Morgan fingerprint density at radius 2 is 2.00 bits per heavy atom. The maximum Gasteiger partial charge on any atom is 0.338 e. The molecule has 9 nitrogen and oxygen atoms in total. The van der Waals surface area contributed by atoms with Gasteiger partial charge in [0.25, 0.3) is 0 Å². The first-order valence-corrected chi connectivity index (χ1v) is 12.2. The van der Waals surface area contributed by atoms with Crippen molar-refractivity contribution >= 4 is 40.3 Å². The van der Waals surface area contributed by atoms with Gasteiger partial charge >= 0.3 is 5.97 Å². The third-order valence-electron chi connectivity index (χ3n) is 5.03. The number of anilines is 1. The number of furan rings is 1. The second kappa shape index (κ2) is 11.1. The number of esters is 1. The van der Waals surface area contributed by atoms with Crippen LogP contribution >= 0.6 is 11.8 Å². The molecule has 0 radical (unpaired) electrons. The highest BCUT2D eigenvalue weighted by molar-refractivity contribution is 7.99. The van der Waals surface area contributed by atoms with Crippen LogP contribution in [0.5, 0.6) is 5.75 Å². The van der Waals surface area contributed by atoms with Gasteiger partial charge in [0.2, 0.25) is 11.7 Å². The predicted octanol–water partition coefficient (Wildman–Crippen LogP) is 5.18. The van der Waals surface area contributed by atoms with Crippen molar-refractivity contribution in [2.24, 2.45) is 0 Å². The van der Waals surface area contributed by atoms with Gasteiger partial charge < -0.3 is 19.2 Å². The average Bonchev–Trinajstić information content (AvgIpc) is 3.46. The van der Waals surface area contributed by atoms with Crippen LogP contribution in [0.3, 0.4) is 0 Å². The van der Waals surface area contributed by atoms with Crippen LogP contribution in [0.1, 0.15) is 24.2 Å². The van der Waals surface area contributed by atoms with Gasteiger partial charge in [0.05, 0.1) is 24.5 Å². The Balaban J connectivity index is 1.48. The molecule has 1 N–H and O–H groups in total. The number of nitrogens with one attached hydrogen (secondary N) is 1. The molecule has 0 saturated heterocycles. The number of hydrogen-bond donors (Lipinski definition) is 1. The Morgan fingerprint density at radius 1 is 1.19 bits per heavy atom. The molecule has 0 saturated carbocycles. The van der Waals surface area contributed by atoms with Gasteiger partial charge in [-0.25, -0.2) is 4.79 Å². The van der Waals surface area contributed by atoms with Crippen LogP contribution in [0.15, 0.2) is 70.8 Å². The van der Waals surface area contributed by atoms with Gasteiger partial charge in [-0.05, 0) is 44.2 Å². The summed E-state index contributed by atoms with van der Waals surface area (Å²) in [5, 5.41) is 12.8. The van der Waals surface area contributed by atoms with Crippen molar-refractivity contribution in [2.75, 3.05) is 18.2 Å². The lowest BCUT2D eigenvalue weighted by molar-refractivity contribution is -0.113. The molecule has 0 atom stereocenters. The highest BCUT2D eigenvalue weighted by Crippen LogP contribution is 2.34. The molecule has 0 aliphatic carbocycles. The maximum atomic E-state index is 12.6. The van der Waals surface area contributed by atoms with E-state index in [1.54, 1.807) is 51.3 Å². The van der Waals surface area contributed by atoms with Crippen LogP contribution in [-0.4, -0.2) is 45.6 Å². The third kappa shape index (κ3) is 5.60. The topological polar surface area (TPSA) is 108 Å². The smallest absolute Gasteiger partial charge is 0.338 e. The minimum absolute atomic E-state index is 0.0872. The van der Waals surface area contributed by atoms with Crippen molar-refractivity contribution in [1.29, 1.82) is 0 Å². The van der Waals surface area contributed by atoms with E-state index in [-0.39, 0.29) is 17.8 Å². The summed E-state index contributed by atoms with van der Waals surface area (Å²) in [6, 6.07) is 14.1. The molecule has 10 heteroatoms. The number of carbonyl (C=O) groups excluding carboxylic acids is 2. The molecule has 4 rings (SSSR count). The molecule has 0 aliphatic rings. The number of ether oxygens (including phenoxy) is 2. The van der Waals surface area contributed by atoms with Gasteiger partial charge in [0, 0.05) is 17.6 Å². The number of nitrogens with zero attached hydrogens (tertiary/aromatic N) is 3. The molecule has 0 spiro atoms. The number of allylic oxidation sites excluding steroid dienone is 1. The van der Waals surface area contributed by atoms with Gasteiger partial charge in [-0.2, -0.15) is 0 Å². The van der Waals surface area contributed by atoms with E-state index in [1.807, 2.05) is 28.8 Å². The predicted molar refractivity (Wildman–Crippen MR) is 138 cm³/mol. The van der Waals surface area contributed by atoms with Crippen LogP contribution in [0.4, 0.5) is 5.69 Å². The highest BCUT2D eigenvalue weighted by Gasteiger charge is 2.19.